The zero-order chi connectivity index (χ0) is 39.1. The third kappa shape index (κ3) is 6.31. The number of furan rings is 1. The van der Waals surface area contributed by atoms with Gasteiger partial charge < -0.3 is 8.98 Å². The minimum Gasteiger partial charge on any atom is -0.455 e. The van der Waals surface area contributed by atoms with Crippen LogP contribution in [-0.4, -0.2) is 4.57 Å². The van der Waals surface area contributed by atoms with Crippen molar-refractivity contribution >= 4 is 43.7 Å². The molecule has 11 rings (SSSR count). The summed E-state index contributed by atoms with van der Waals surface area (Å²) in [6, 6.07) is 79.1. The van der Waals surface area contributed by atoms with Gasteiger partial charge in [-0.2, -0.15) is 0 Å². The summed E-state index contributed by atoms with van der Waals surface area (Å²) in [5, 5.41) is 4.82. The molecule has 0 amide bonds. The number of hydrogen-bond acceptors (Lipinski definition) is 1. The van der Waals surface area contributed by atoms with Gasteiger partial charge in [0.15, 0.2) is 0 Å². The van der Waals surface area contributed by atoms with Gasteiger partial charge in [0.25, 0.3) is 0 Å². The van der Waals surface area contributed by atoms with E-state index in [4.69, 9.17) is 4.42 Å². The molecule has 2 heteroatoms. The molecule has 0 N–H and O–H groups in total. The predicted molar refractivity (Wildman–Crippen MR) is 247 cm³/mol. The third-order valence-electron chi connectivity index (χ3n) is 12.1. The molecule has 59 heavy (non-hydrogen) atoms. The molecular weight excluding hydrogens is 715 g/mol. The van der Waals surface area contributed by atoms with Crippen LogP contribution in [-0.2, 0) is 12.8 Å². The fourth-order valence-corrected chi connectivity index (χ4v) is 9.30. The van der Waals surface area contributed by atoms with Crippen molar-refractivity contribution < 1.29 is 4.42 Å². The van der Waals surface area contributed by atoms with Crippen molar-refractivity contribution in [3.8, 4) is 39.1 Å². The van der Waals surface area contributed by atoms with E-state index in [0.29, 0.717) is 0 Å². The Bertz CT molecular complexity index is 3250. The summed E-state index contributed by atoms with van der Waals surface area (Å²) >= 11 is 0. The Balaban J connectivity index is 1.05. The molecule has 2 heterocycles. The summed E-state index contributed by atoms with van der Waals surface area (Å²) in [5.41, 5.74) is 16.6. The van der Waals surface area contributed by atoms with Crippen molar-refractivity contribution in [1.82, 2.24) is 4.57 Å². The number of benzene rings is 9. The second-order valence-corrected chi connectivity index (χ2v) is 15.6. The van der Waals surface area contributed by atoms with Crippen LogP contribution in [0.3, 0.4) is 0 Å². The van der Waals surface area contributed by atoms with Crippen LogP contribution < -0.4 is 0 Å². The molecule has 0 aliphatic heterocycles. The van der Waals surface area contributed by atoms with E-state index in [1.165, 1.54) is 66.1 Å². The molecule has 0 bridgehead atoms. The first kappa shape index (κ1) is 34.8. The lowest BCUT2D eigenvalue weighted by molar-refractivity contribution is 0.666. The van der Waals surface area contributed by atoms with E-state index in [1.54, 1.807) is 0 Å². The van der Waals surface area contributed by atoms with Gasteiger partial charge in [0.2, 0.25) is 0 Å². The van der Waals surface area contributed by atoms with Crippen molar-refractivity contribution in [3.05, 3.63) is 235 Å². The monoisotopic (exact) mass is 755 g/mol. The lowest BCUT2D eigenvalue weighted by Gasteiger charge is -2.21. The van der Waals surface area contributed by atoms with Crippen molar-refractivity contribution in [1.29, 1.82) is 0 Å². The van der Waals surface area contributed by atoms with Crippen LogP contribution in [0.5, 0.6) is 0 Å². The van der Waals surface area contributed by atoms with E-state index in [0.717, 1.165) is 46.2 Å². The highest BCUT2D eigenvalue weighted by atomic mass is 16.3. The van der Waals surface area contributed by atoms with Gasteiger partial charge in [-0.25, -0.2) is 0 Å². The maximum Gasteiger partial charge on any atom is 0.143 e. The quantitative estimate of drug-likeness (QED) is 0.143. The summed E-state index contributed by atoms with van der Waals surface area (Å²) in [4.78, 5) is 0. The molecule has 9 aromatic carbocycles. The van der Waals surface area contributed by atoms with Crippen LogP contribution in [0.1, 0.15) is 22.6 Å². The smallest absolute Gasteiger partial charge is 0.143 e. The normalized spacial score (nSPS) is 12.1. The Morgan fingerprint density at radius 3 is 1.78 bits per heavy atom. The lowest BCUT2D eigenvalue weighted by atomic mass is 9.82. The molecule has 280 valence electrons. The Labute approximate surface area is 344 Å². The average Bonchev–Trinajstić information content (AvgIpc) is 3.86. The summed E-state index contributed by atoms with van der Waals surface area (Å²) < 4.78 is 9.27. The number of nitrogens with zero attached hydrogens (tertiary/aromatic N) is 1. The van der Waals surface area contributed by atoms with E-state index in [-0.39, 0.29) is 5.92 Å². The first-order valence-electron chi connectivity index (χ1n) is 20.6. The first-order chi connectivity index (χ1) is 29.3. The minimum atomic E-state index is 0.216. The zero-order valence-corrected chi connectivity index (χ0v) is 32.6. The molecule has 1 unspecified atom stereocenters. The standard InChI is InChI=1S/C57H41NO/c1-4-16-39(17-5-1)40-28-30-41(31-29-40)46(36-43-20-10-11-23-48(43)42-18-6-2-7-19-42)37-45-32-34-49(57-56(45)51-25-13-15-27-55(51)59-57)44-33-35-54-52(38-44)50-24-12-14-26-53(50)58(54)47-21-8-3-9-22-47/h1-35,38,46H,36-37H2. The number of para-hydroxylation sites is 3. The topological polar surface area (TPSA) is 18.1 Å². The van der Waals surface area contributed by atoms with Crippen LogP contribution in [0.2, 0.25) is 0 Å². The third-order valence-corrected chi connectivity index (χ3v) is 12.1. The minimum absolute atomic E-state index is 0.216. The van der Waals surface area contributed by atoms with Gasteiger partial charge in [-0.05, 0) is 99.7 Å². The van der Waals surface area contributed by atoms with Crippen LogP contribution in [0.15, 0.2) is 223 Å². The molecule has 0 fully saturated rings. The summed E-state index contributed by atoms with van der Waals surface area (Å²) in [7, 11) is 0. The van der Waals surface area contributed by atoms with Crippen molar-refractivity contribution in [3.63, 3.8) is 0 Å². The molecule has 11 aromatic rings. The Hall–Kier alpha value is -7.42. The van der Waals surface area contributed by atoms with Crippen molar-refractivity contribution in [2.45, 2.75) is 18.8 Å². The average molecular weight is 756 g/mol. The Morgan fingerprint density at radius 2 is 0.983 bits per heavy atom. The highest BCUT2D eigenvalue weighted by molar-refractivity contribution is 6.14. The van der Waals surface area contributed by atoms with Crippen molar-refractivity contribution in [2.24, 2.45) is 0 Å². The highest BCUT2D eigenvalue weighted by Crippen LogP contribution is 2.42. The van der Waals surface area contributed by atoms with Gasteiger partial charge in [0.05, 0.1) is 11.0 Å². The van der Waals surface area contributed by atoms with Gasteiger partial charge >= 0.3 is 0 Å². The summed E-state index contributed by atoms with van der Waals surface area (Å²) in [6.45, 7) is 0. The van der Waals surface area contributed by atoms with Crippen LogP contribution in [0, 0.1) is 0 Å². The van der Waals surface area contributed by atoms with Crippen LogP contribution in [0.4, 0.5) is 0 Å². The van der Waals surface area contributed by atoms with E-state index in [1.807, 2.05) is 0 Å². The van der Waals surface area contributed by atoms with Gasteiger partial charge in [0.1, 0.15) is 11.2 Å². The predicted octanol–water partition coefficient (Wildman–Crippen LogP) is 15.3. The molecule has 2 nitrogen and oxygen atoms in total. The van der Waals surface area contributed by atoms with E-state index < -0.39 is 0 Å². The molecule has 0 aliphatic rings. The molecule has 0 saturated heterocycles. The highest BCUT2D eigenvalue weighted by Gasteiger charge is 2.22. The second-order valence-electron chi connectivity index (χ2n) is 15.6. The van der Waals surface area contributed by atoms with Gasteiger partial charge in [-0.3, -0.25) is 0 Å². The summed E-state index contributed by atoms with van der Waals surface area (Å²) in [6.07, 6.45) is 1.76. The molecule has 0 saturated carbocycles. The SMILES string of the molecule is c1ccc(-c2ccc(C(Cc3ccccc3-c3ccccc3)Cc3ccc(-c4ccc5c(c4)c4ccccc4n5-c4ccccc4)c4oc5ccccc5c34)cc2)cc1. The van der Waals surface area contributed by atoms with E-state index in [9.17, 15) is 0 Å². The first-order valence-corrected chi connectivity index (χ1v) is 20.6. The Morgan fingerprint density at radius 1 is 0.390 bits per heavy atom. The summed E-state index contributed by atoms with van der Waals surface area (Å²) in [5.74, 6) is 0.216. The van der Waals surface area contributed by atoms with Gasteiger partial charge in [-0.1, -0.05) is 182 Å². The second kappa shape index (κ2) is 14.8. The zero-order valence-electron chi connectivity index (χ0n) is 32.6. The molecule has 0 spiro atoms. The number of hydrogen-bond donors (Lipinski definition) is 0. The largest absolute Gasteiger partial charge is 0.455 e. The van der Waals surface area contributed by atoms with Gasteiger partial charge in [-0.15, -0.1) is 0 Å². The maximum absolute atomic E-state index is 6.89. The van der Waals surface area contributed by atoms with Crippen molar-refractivity contribution in [2.75, 3.05) is 0 Å². The van der Waals surface area contributed by atoms with E-state index in [2.05, 4.69) is 223 Å². The number of fused-ring (bicyclic) bond motifs is 6. The van der Waals surface area contributed by atoms with Crippen LogP contribution >= 0.6 is 0 Å². The molecule has 0 radical (unpaired) electrons. The number of rotatable bonds is 9. The lowest BCUT2D eigenvalue weighted by Crippen LogP contribution is -2.08. The molecule has 0 aliphatic carbocycles. The maximum atomic E-state index is 6.89. The molecule has 2 aromatic heterocycles. The van der Waals surface area contributed by atoms with Crippen LogP contribution in [0.25, 0.3) is 82.8 Å². The Kier molecular flexibility index (Phi) is 8.74. The number of aromatic nitrogens is 1. The fraction of sp³-hybridized carbons (Fsp3) is 0.0526. The fourth-order valence-electron chi connectivity index (χ4n) is 9.30. The van der Waals surface area contributed by atoms with Gasteiger partial charge in [0, 0.05) is 32.8 Å². The molecule has 1 atom stereocenters. The molecular formula is C57H41NO. The van der Waals surface area contributed by atoms with E-state index >= 15 is 0 Å².